The first-order chi connectivity index (χ1) is 12.1. The summed E-state index contributed by atoms with van der Waals surface area (Å²) < 4.78 is 1.57. The molecular weight excluding hydrogens is 336 g/mol. The number of piperazine rings is 1. The minimum atomic E-state index is -0.0317. The summed E-state index contributed by atoms with van der Waals surface area (Å²) >= 11 is 1.47. The summed E-state index contributed by atoms with van der Waals surface area (Å²) in [4.78, 5) is 33.9. The Labute approximate surface area is 150 Å². The molecule has 2 aromatic heterocycles. The number of carbonyl (C=O) groups excluding carboxylic acids is 1. The Bertz CT molecular complexity index is 873. The molecule has 7 heteroatoms. The lowest BCUT2D eigenvalue weighted by molar-refractivity contribution is -0.127. The van der Waals surface area contributed by atoms with E-state index in [-0.39, 0.29) is 11.5 Å². The van der Waals surface area contributed by atoms with E-state index >= 15 is 0 Å². The highest BCUT2D eigenvalue weighted by Gasteiger charge is 2.25. The number of thiazole rings is 1. The van der Waals surface area contributed by atoms with E-state index in [4.69, 9.17) is 0 Å². The van der Waals surface area contributed by atoms with Crippen LogP contribution in [0.3, 0.4) is 0 Å². The third-order valence-corrected chi connectivity index (χ3v) is 5.75. The van der Waals surface area contributed by atoms with Gasteiger partial charge in [0.1, 0.15) is 0 Å². The van der Waals surface area contributed by atoms with E-state index in [9.17, 15) is 9.59 Å². The zero-order valence-corrected chi connectivity index (χ0v) is 15.2. The van der Waals surface area contributed by atoms with Gasteiger partial charge < -0.3 is 4.90 Å². The third kappa shape index (κ3) is 3.67. The van der Waals surface area contributed by atoms with Gasteiger partial charge in [0.25, 0.3) is 5.56 Å². The number of aromatic nitrogens is 2. The SMILES string of the molecule is C/C(=C\C(=O)N1CCN(Cc2cc(=O)n3ccsc3n2)CC1)C1CC1. The molecule has 2 aromatic rings. The molecule has 0 atom stereocenters. The molecule has 1 saturated carbocycles. The zero-order valence-electron chi connectivity index (χ0n) is 14.4. The van der Waals surface area contributed by atoms with E-state index < -0.39 is 0 Å². The minimum absolute atomic E-state index is 0.0317. The van der Waals surface area contributed by atoms with Gasteiger partial charge in [-0.15, -0.1) is 11.3 Å². The van der Waals surface area contributed by atoms with Crippen LogP contribution in [-0.2, 0) is 11.3 Å². The molecule has 1 aliphatic carbocycles. The molecule has 4 rings (SSSR count). The molecule has 1 saturated heterocycles. The molecule has 3 heterocycles. The highest BCUT2D eigenvalue weighted by atomic mass is 32.1. The molecule has 0 bridgehead atoms. The Balaban J connectivity index is 1.36. The number of hydrogen-bond donors (Lipinski definition) is 0. The van der Waals surface area contributed by atoms with Gasteiger partial charge in [0.05, 0.1) is 5.69 Å². The van der Waals surface area contributed by atoms with Gasteiger partial charge in [-0.3, -0.25) is 18.9 Å². The number of amides is 1. The van der Waals surface area contributed by atoms with Crippen LogP contribution >= 0.6 is 11.3 Å². The Kier molecular flexibility index (Phi) is 4.43. The summed E-state index contributed by atoms with van der Waals surface area (Å²) in [6.07, 6.45) is 6.02. The molecule has 6 nitrogen and oxygen atoms in total. The van der Waals surface area contributed by atoms with Crippen molar-refractivity contribution in [2.75, 3.05) is 26.2 Å². The van der Waals surface area contributed by atoms with Crippen LogP contribution < -0.4 is 5.56 Å². The van der Waals surface area contributed by atoms with E-state index in [0.29, 0.717) is 12.5 Å². The Morgan fingerprint density at radius 3 is 2.80 bits per heavy atom. The average Bonchev–Trinajstić information content (AvgIpc) is 3.34. The fraction of sp³-hybridized carbons (Fsp3) is 0.500. The van der Waals surface area contributed by atoms with Crippen molar-refractivity contribution < 1.29 is 4.79 Å². The third-order valence-electron chi connectivity index (χ3n) is 5.00. The summed E-state index contributed by atoms with van der Waals surface area (Å²) in [7, 11) is 0. The number of allylic oxidation sites excluding steroid dienone is 1. The first kappa shape index (κ1) is 16.5. The minimum Gasteiger partial charge on any atom is -0.337 e. The molecule has 2 fully saturated rings. The summed E-state index contributed by atoms with van der Waals surface area (Å²) in [5.74, 6) is 0.781. The highest BCUT2D eigenvalue weighted by Crippen LogP contribution is 2.36. The van der Waals surface area contributed by atoms with Gasteiger partial charge in [0.15, 0.2) is 4.96 Å². The summed E-state index contributed by atoms with van der Waals surface area (Å²) in [5, 5.41) is 1.87. The second kappa shape index (κ2) is 6.72. The average molecular weight is 358 g/mol. The van der Waals surface area contributed by atoms with Crippen molar-refractivity contribution in [1.82, 2.24) is 19.2 Å². The van der Waals surface area contributed by atoms with E-state index in [1.807, 2.05) is 16.4 Å². The highest BCUT2D eigenvalue weighted by molar-refractivity contribution is 7.15. The molecular formula is C18H22N4O2S. The predicted octanol–water partition coefficient (Wildman–Crippen LogP) is 1.76. The Morgan fingerprint density at radius 2 is 2.08 bits per heavy atom. The lowest BCUT2D eigenvalue weighted by atomic mass is 10.1. The summed E-state index contributed by atoms with van der Waals surface area (Å²) in [6, 6.07) is 1.61. The molecule has 132 valence electrons. The molecule has 1 amide bonds. The quantitative estimate of drug-likeness (QED) is 0.782. The maximum Gasteiger partial charge on any atom is 0.258 e. The lowest BCUT2D eigenvalue weighted by Gasteiger charge is -2.34. The van der Waals surface area contributed by atoms with Crippen molar-refractivity contribution in [2.24, 2.45) is 5.92 Å². The molecule has 0 N–H and O–H groups in total. The van der Waals surface area contributed by atoms with Gasteiger partial charge >= 0.3 is 0 Å². The van der Waals surface area contributed by atoms with Gasteiger partial charge in [-0.25, -0.2) is 4.98 Å². The fourth-order valence-electron chi connectivity index (χ4n) is 3.27. The van der Waals surface area contributed by atoms with Crippen molar-refractivity contribution in [2.45, 2.75) is 26.3 Å². The van der Waals surface area contributed by atoms with Gasteiger partial charge in [-0.2, -0.15) is 0 Å². The fourth-order valence-corrected chi connectivity index (χ4v) is 4.01. The lowest BCUT2D eigenvalue weighted by Crippen LogP contribution is -2.48. The summed E-state index contributed by atoms with van der Waals surface area (Å²) in [6.45, 7) is 5.81. The molecule has 2 aliphatic rings. The first-order valence-corrected chi connectivity index (χ1v) is 9.63. The van der Waals surface area contributed by atoms with Crippen LogP contribution in [0, 0.1) is 5.92 Å². The number of nitrogens with zero attached hydrogens (tertiary/aromatic N) is 4. The van der Waals surface area contributed by atoms with Crippen molar-refractivity contribution in [3.05, 3.63) is 45.3 Å². The number of fused-ring (bicyclic) bond motifs is 1. The van der Waals surface area contributed by atoms with Crippen LogP contribution in [0.25, 0.3) is 4.96 Å². The maximum atomic E-state index is 12.3. The van der Waals surface area contributed by atoms with E-state index in [0.717, 1.165) is 36.8 Å². The Hall–Kier alpha value is -1.99. The Morgan fingerprint density at radius 1 is 1.32 bits per heavy atom. The second-order valence-electron chi connectivity index (χ2n) is 6.91. The van der Waals surface area contributed by atoms with Gasteiger partial charge in [-0.1, -0.05) is 5.57 Å². The smallest absolute Gasteiger partial charge is 0.258 e. The van der Waals surface area contributed by atoms with Crippen LogP contribution in [0.5, 0.6) is 0 Å². The van der Waals surface area contributed by atoms with Gasteiger partial charge in [0.2, 0.25) is 5.91 Å². The van der Waals surface area contributed by atoms with Crippen LogP contribution in [0.4, 0.5) is 0 Å². The van der Waals surface area contributed by atoms with Crippen LogP contribution in [0.1, 0.15) is 25.5 Å². The van der Waals surface area contributed by atoms with Crippen molar-refractivity contribution >= 4 is 22.2 Å². The zero-order chi connectivity index (χ0) is 17.4. The number of hydrogen-bond acceptors (Lipinski definition) is 5. The standard InChI is InChI=1S/C18H22N4O2S/c1-13(14-2-3-14)10-16(23)21-6-4-20(5-7-21)12-15-11-17(24)22-8-9-25-18(22)19-15/h8-11,14H,2-7,12H2,1H3/b13-10+. The van der Waals surface area contributed by atoms with Gasteiger partial charge in [-0.05, 0) is 25.7 Å². The molecule has 0 aromatic carbocycles. The van der Waals surface area contributed by atoms with Crippen LogP contribution in [0.15, 0.2) is 34.1 Å². The van der Waals surface area contributed by atoms with Crippen LogP contribution in [0.2, 0.25) is 0 Å². The van der Waals surface area contributed by atoms with Crippen molar-refractivity contribution in [3.63, 3.8) is 0 Å². The second-order valence-corrected chi connectivity index (χ2v) is 7.78. The maximum absolute atomic E-state index is 12.3. The van der Waals surface area contributed by atoms with Crippen molar-refractivity contribution in [3.8, 4) is 0 Å². The molecule has 1 aliphatic heterocycles. The van der Waals surface area contributed by atoms with E-state index in [2.05, 4.69) is 16.8 Å². The van der Waals surface area contributed by atoms with E-state index in [1.165, 1.54) is 29.8 Å². The summed E-state index contributed by atoms with van der Waals surface area (Å²) in [5.41, 5.74) is 1.99. The largest absolute Gasteiger partial charge is 0.337 e. The predicted molar refractivity (Wildman–Crippen MR) is 97.7 cm³/mol. The molecule has 0 radical (unpaired) electrons. The number of carbonyl (C=O) groups is 1. The van der Waals surface area contributed by atoms with Crippen LogP contribution in [-0.4, -0.2) is 51.3 Å². The van der Waals surface area contributed by atoms with E-state index in [1.54, 1.807) is 16.7 Å². The first-order valence-electron chi connectivity index (χ1n) is 8.75. The molecule has 0 unspecified atom stereocenters. The number of rotatable bonds is 4. The molecule has 25 heavy (non-hydrogen) atoms. The van der Waals surface area contributed by atoms with Crippen molar-refractivity contribution in [1.29, 1.82) is 0 Å². The normalized spacial score (nSPS) is 19.6. The topological polar surface area (TPSA) is 57.9 Å². The van der Waals surface area contributed by atoms with Gasteiger partial charge in [0, 0.05) is 56.4 Å². The molecule has 0 spiro atoms. The monoisotopic (exact) mass is 358 g/mol.